The lowest BCUT2D eigenvalue weighted by atomic mass is 9.88. The predicted molar refractivity (Wildman–Crippen MR) is 81.4 cm³/mol. The zero-order valence-electron chi connectivity index (χ0n) is 11.6. The molecule has 3 rings (SSSR count). The van der Waals surface area contributed by atoms with Gasteiger partial charge in [-0.1, -0.05) is 24.3 Å². The first-order valence-electron chi connectivity index (χ1n) is 7.09. The number of carbonyl (C=O) groups excluding carboxylic acids is 1. The van der Waals surface area contributed by atoms with Crippen molar-refractivity contribution in [2.75, 3.05) is 11.6 Å². The molecule has 0 aromatic heterocycles. The quantitative estimate of drug-likeness (QED) is 0.873. The number of urea groups is 1. The van der Waals surface area contributed by atoms with Gasteiger partial charge in [-0.05, 0) is 30.4 Å². The number of benzene rings is 1. The number of carbonyl (C=O) groups is 2. The number of carboxylic acids is 1. The highest BCUT2D eigenvalue weighted by molar-refractivity contribution is 7.99. The maximum absolute atomic E-state index is 12.3. The standard InChI is InChI=1S/C15H18N2O3S/c18-14(19)13-8-21-9-17(13)15(20)16-12-6-5-10-3-1-2-4-11(10)7-12/h1-4,12-13H,5-9H2,(H,16,20)(H,18,19)/t12?,13-/m0/s1. The second-order valence-electron chi connectivity index (χ2n) is 5.48. The molecule has 1 aliphatic carbocycles. The lowest BCUT2D eigenvalue weighted by Gasteiger charge is -2.28. The number of thioether (sulfide) groups is 1. The molecule has 0 saturated carbocycles. The van der Waals surface area contributed by atoms with Crippen LogP contribution in [0, 0.1) is 0 Å². The SMILES string of the molecule is O=C(O)[C@@H]1CSCN1C(=O)NC1CCc2ccccc2C1. The summed E-state index contributed by atoms with van der Waals surface area (Å²) in [5, 5.41) is 12.1. The van der Waals surface area contributed by atoms with E-state index in [1.165, 1.54) is 27.8 Å². The van der Waals surface area contributed by atoms with E-state index < -0.39 is 12.0 Å². The Hall–Kier alpha value is -1.69. The van der Waals surface area contributed by atoms with Crippen molar-refractivity contribution in [1.82, 2.24) is 10.2 Å². The van der Waals surface area contributed by atoms with Crippen molar-refractivity contribution < 1.29 is 14.7 Å². The fourth-order valence-corrected chi connectivity index (χ4v) is 4.07. The van der Waals surface area contributed by atoms with Crippen LogP contribution in [0.15, 0.2) is 24.3 Å². The molecule has 112 valence electrons. The fraction of sp³-hybridized carbons (Fsp3) is 0.467. The first-order chi connectivity index (χ1) is 10.1. The lowest BCUT2D eigenvalue weighted by Crippen LogP contribution is -2.50. The van der Waals surface area contributed by atoms with Crippen LogP contribution in [0.4, 0.5) is 4.79 Å². The first kappa shape index (κ1) is 14.3. The van der Waals surface area contributed by atoms with Crippen LogP contribution in [0.5, 0.6) is 0 Å². The number of aliphatic carboxylic acids is 1. The van der Waals surface area contributed by atoms with E-state index in [0.29, 0.717) is 11.6 Å². The van der Waals surface area contributed by atoms with E-state index in [2.05, 4.69) is 17.4 Å². The number of amides is 2. The molecule has 2 aliphatic rings. The molecule has 21 heavy (non-hydrogen) atoms. The largest absolute Gasteiger partial charge is 0.480 e. The van der Waals surface area contributed by atoms with Gasteiger partial charge in [0, 0.05) is 11.8 Å². The van der Waals surface area contributed by atoms with Crippen molar-refractivity contribution in [2.24, 2.45) is 0 Å². The first-order valence-corrected chi connectivity index (χ1v) is 8.25. The second kappa shape index (κ2) is 5.97. The minimum absolute atomic E-state index is 0.0902. The number of hydrogen-bond acceptors (Lipinski definition) is 3. The van der Waals surface area contributed by atoms with Crippen LogP contribution in [0.2, 0.25) is 0 Å². The number of carboxylic acid groups (broad SMARTS) is 1. The van der Waals surface area contributed by atoms with Gasteiger partial charge in [0.25, 0.3) is 0 Å². The Labute approximate surface area is 127 Å². The zero-order chi connectivity index (χ0) is 14.8. The fourth-order valence-electron chi connectivity index (χ4n) is 2.93. The summed E-state index contributed by atoms with van der Waals surface area (Å²) in [6.45, 7) is 0. The van der Waals surface area contributed by atoms with Crippen molar-refractivity contribution >= 4 is 23.8 Å². The van der Waals surface area contributed by atoms with Gasteiger partial charge in [0.1, 0.15) is 6.04 Å². The van der Waals surface area contributed by atoms with Crippen LogP contribution in [0.25, 0.3) is 0 Å². The van der Waals surface area contributed by atoms with Gasteiger partial charge in [-0.3, -0.25) is 0 Å². The third kappa shape index (κ3) is 3.00. The van der Waals surface area contributed by atoms with Crippen molar-refractivity contribution in [1.29, 1.82) is 0 Å². The molecule has 1 heterocycles. The number of nitrogens with one attached hydrogen (secondary N) is 1. The highest BCUT2D eigenvalue weighted by atomic mass is 32.2. The van der Waals surface area contributed by atoms with Crippen LogP contribution < -0.4 is 5.32 Å². The average molecular weight is 306 g/mol. The number of hydrogen-bond donors (Lipinski definition) is 2. The van der Waals surface area contributed by atoms with Gasteiger partial charge in [-0.25, -0.2) is 9.59 Å². The third-order valence-corrected chi connectivity index (χ3v) is 5.11. The summed E-state index contributed by atoms with van der Waals surface area (Å²) < 4.78 is 0. The molecule has 1 aromatic carbocycles. The second-order valence-corrected chi connectivity index (χ2v) is 6.48. The Bertz CT molecular complexity index is 564. The molecule has 5 nitrogen and oxygen atoms in total. The molecule has 2 N–H and O–H groups in total. The Kier molecular flexibility index (Phi) is 4.05. The molecule has 1 aromatic rings. The van der Waals surface area contributed by atoms with Crippen LogP contribution in [0.1, 0.15) is 17.5 Å². The summed E-state index contributed by atoms with van der Waals surface area (Å²) in [7, 11) is 0. The summed E-state index contributed by atoms with van der Waals surface area (Å²) >= 11 is 1.48. The summed E-state index contributed by atoms with van der Waals surface area (Å²) in [4.78, 5) is 24.8. The van der Waals surface area contributed by atoms with Crippen molar-refractivity contribution in [3.8, 4) is 0 Å². The minimum atomic E-state index is -0.927. The molecule has 0 spiro atoms. The highest BCUT2D eigenvalue weighted by Gasteiger charge is 2.35. The zero-order valence-corrected chi connectivity index (χ0v) is 12.4. The maximum atomic E-state index is 12.3. The van der Waals surface area contributed by atoms with Crippen molar-refractivity contribution in [3.05, 3.63) is 35.4 Å². The number of aryl methyl sites for hydroxylation is 1. The minimum Gasteiger partial charge on any atom is -0.480 e. The molecule has 1 fully saturated rings. The third-order valence-electron chi connectivity index (χ3n) is 4.10. The molecular weight excluding hydrogens is 288 g/mol. The molecule has 2 atom stereocenters. The van der Waals surface area contributed by atoms with E-state index in [1.54, 1.807) is 0 Å². The van der Waals surface area contributed by atoms with Crippen molar-refractivity contribution in [3.63, 3.8) is 0 Å². The van der Waals surface area contributed by atoms with Gasteiger partial charge in [-0.15, -0.1) is 11.8 Å². The number of nitrogens with zero attached hydrogens (tertiary/aromatic N) is 1. The molecule has 2 amide bonds. The predicted octanol–water partition coefficient (Wildman–Crippen LogP) is 1.71. The van der Waals surface area contributed by atoms with Gasteiger partial charge in [0.2, 0.25) is 0 Å². The van der Waals surface area contributed by atoms with Gasteiger partial charge in [-0.2, -0.15) is 0 Å². The highest BCUT2D eigenvalue weighted by Crippen LogP contribution is 2.23. The summed E-state index contributed by atoms with van der Waals surface area (Å²) in [5.74, 6) is -0.00771. The number of fused-ring (bicyclic) bond motifs is 1. The van der Waals surface area contributed by atoms with E-state index in [1.807, 2.05) is 12.1 Å². The van der Waals surface area contributed by atoms with E-state index in [-0.39, 0.29) is 12.1 Å². The topological polar surface area (TPSA) is 69.6 Å². The molecular formula is C15H18N2O3S. The normalized spacial score (nSPS) is 24.5. The van der Waals surface area contributed by atoms with Gasteiger partial charge < -0.3 is 15.3 Å². The lowest BCUT2D eigenvalue weighted by molar-refractivity contribution is -0.140. The summed E-state index contributed by atoms with van der Waals surface area (Å²) in [5.41, 5.74) is 2.63. The molecule has 1 saturated heterocycles. The molecule has 1 unspecified atom stereocenters. The maximum Gasteiger partial charge on any atom is 0.327 e. The van der Waals surface area contributed by atoms with Crippen LogP contribution in [-0.2, 0) is 17.6 Å². The van der Waals surface area contributed by atoms with Crippen LogP contribution in [-0.4, -0.2) is 45.7 Å². The van der Waals surface area contributed by atoms with E-state index in [0.717, 1.165) is 19.3 Å². The molecule has 1 aliphatic heterocycles. The molecule has 0 bridgehead atoms. The van der Waals surface area contributed by atoms with E-state index in [4.69, 9.17) is 5.11 Å². The van der Waals surface area contributed by atoms with Gasteiger partial charge >= 0.3 is 12.0 Å². The Morgan fingerprint density at radius 2 is 2.05 bits per heavy atom. The van der Waals surface area contributed by atoms with E-state index >= 15 is 0 Å². The van der Waals surface area contributed by atoms with Gasteiger partial charge in [0.05, 0.1) is 5.88 Å². The number of rotatable bonds is 2. The Morgan fingerprint density at radius 1 is 1.29 bits per heavy atom. The molecule has 0 radical (unpaired) electrons. The Balaban J connectivity index is 1.62. The average Bonchev–Trinajstić information content (AvgIpc) is 2.97. The molecule has 6 heteroatoms. The van der Waals surface area contributed by atoms with E-state index in [9.17, 15) is 9.59 Å². The monoisotopic (exact) mass is 306 g/mol. The summed E-state index contributed by atoms with van der Waals surface area (Å²) in [6, 6.07) is 7.41. The van der Waals surface area contributed by atoms with Crippen LogP contribution >= 0.6 is 11.8 Å². The van der Waals surface area contributed by atoms with Crippen LogP contribution in [0.3, 0.4) is 0 Å². The summed E-state index contributed by atoms with van der Waals surface area (Å²) in [6.07, 6.45) is 2.68. The van der Waals surface area contributed by atoms with Gasteiger partial charge in [0.15, 0.2) is 0 Å². The van der Waals surface area contributed by atoms with Crippen molar-refractivity contribution in [2.45, 2.75) is 31.3 Å². The Morgan fingerprint density at radius 3 is 2.81 bits per heavy atom. The smallest absolute Gasteiger partial charge is 0.327 e.